The number of nitrogens with one attached hydrogen (secondary N) is 2. The second-order valence-corrected chi connectivity index (χ2v) is 6.79. The molecule has 0 saturated heterocycles. The summed E-state index contributed by atoms with van der Waals surface area (Å²) in [5.41, 5.74) is 1.02. The van der Waals surface area contributed by atoms with E-state index in [0.29, 0.717) is 22.5 Å². The van der Waals surface area contributed by atoms with Crippen molar-refractivity contribution in [2.24, 2.45) is 0 Å². The molecule has 0 radical (unpaired) electrons. The fourth-order valence-corrected chi connectivity index (χ4v) is 2.94. The molecule has 0 fully saturated rings. The van der Waals surface area contributed by atoms with Crippen LogP contribution in [-0.4, -0.2) is 25.8 Å². The molecule has 1 heterocycles. The molecule has 0 aliphatic heterocycles. The summed E-state index contributed by atoms with van der Waals surface area (Å²) in [6, 6.07) is 9.71. The van der Waals surface area contributed by atoms with Gasteiger partial charge in [0, 0.05) is 0 Å². The van der Waals surface area contributed by atoms with E-state index in [-0.39, 0.29) is 12.4 Å². The Morgan fingerprint density at radius 1 is 1.17 bits per heavy atom. The molecule has 0 atom stereocenters. The van der Waals surface area contributed by atoms with Crippen LogP contribution in [0.5, 0.6) is 5.75 Å². The second kappa shape index (κ2) is 6.36. The maximum absolute atomic E-state index is 12.8. The van der Waals surface area contributed by atoms with Crippen molar-refractivity contribution in [1.29, 1.82) is 0 Å². The third kappa shape index (κ3) is 3.93. The zero-order valence-electron chi connectivity index (χ0n) is 12.3. The standard InChI is InChI=1S/C15H13FN2O5S/c16-10-1-4-12(5-2-10)22-7-8-24(20,21)18-11-3-6-14-13(9-11)17-15(19)23-14/h1-6,9,18H,7-8H2,(H,17,19). The Bertz CT molecular complexity index is 1010. The minimum Gasteiger partial charge on any atom is -0.492 e. The second-order valence-electron chi connectivity index (χ2n) is 4.95. The van der Waals surface area contributed by atoms with Crippen LogP contribution in [0.15, 0.2) is 51.7 Å². The Kier molecular flexibility index (Phi) is 4.26. The zero-order valence-corrected chi connectivity index (χ0v) is 13.1. The van der Waals surface area contributed by atoms with E-state index in [9.17, 15) is 17.6 Å². The van der Waals surface area contributed by atoms with Crippen molar-refractivity contribution < 1.29 is 22.0 Å². The minimum atomic E-state index is -3.65. The molecule has 0 aliphatic rings. The van der Waals surface area contributed by atoms with E-state index in [1.807, 2.05) is 0 Å². The van der Waals surface area contributed by atoms with Gasteiger partial charge in [0.05, 0.1) is 11.2 Å². The molecule has 7 nitrogen and oxygen atoms in total. The van der Waals surface area contributed by atoms with Gasteiger partial charge in [-0.2, -0.15) is 0 Å². The maximum Gasteiger partial charge on any atom is 0.417 e. The molecule has 0 bridgehead atoms. The Labute approximate surface area is 136 Å². The first-order chi connectivity index (χ1) is 11.4. The van der Waals surface area contributed by atoms with E-state index in [2.05, 4.69) is 9.71 Å². The lowest BCUT2D eigenvalue weighted by Crippen LogP contribution is -2.21. The summed E-state index contributed by atoms with van der Waals surface area (Å²) in [4.78, 5) is 13.5. The van der Waals surface area contributed by atoms with Gasteiger partial charge in [0.15, 0.2) is 5.58 Å². The quantitative estimate of drug-likeness (QED) is 0.707. The van der Waals surface area contributed by atoms with Gasteiger partial charge in [-0.3, -0.25) is 9.71 Å². The number of oxazole rings is 1. The number of sulfonamides is 1. The van der Waals surface area contributed by atoms with Crippen molar-refractivity contribution in [3.05, 3.63) is 58.8 Å². The lowest BCUT2D eigenvalue weighted by Gasteiger charge is -2.09. The topological polar surface area (TPSA) is 101 Å². The lowest BCUT2D eigenvalue weighted by molar-refractivity contribution is 0.340. The molecule has 1 aromatic heterocycles. The van der Waals surface area contributed by atoms with Gasteiger partial charge in [-0.25, -0.2) is 17.6 Å². The Morgan fingerprint density at radius 3 is 2.67 bits per heavy atom. The van der Waals surface area contributed by atoms with E-state index in [4.69, 9.17) is 9.15 Å². The van der Waals surface area contributed by atoms with Gasteiger partial charge in [-0.05, 0) is 42.5 Å². The summed E-state index contributed by atoms with van der Waals surface area (Å²) in [6.45, 7) is -0.0915. The number of halogens is 1. The number of fused-ring (bicyclic) bond motifs is 1. The summed E-state index contributed by atoms with van der Waals surface area (Å²) >= 11 is 0. The van der Waals surface area contributed by atoms with E-state index < -0.39 is 21.6 Å². The largest absolute Gasteiger partial charge is 0.492 e. The van der Waals surface area contributed by atoms with Crippen LogP contribution in [0.25, 0.3) is 11.1 Å². The number of rotatable bonds is 6. The van der Waals surface area contributed by atoms with Crippen molar-refractivity contribution in [3.63, 3.8) is 0 Å². The number of ether oxygens (including phenoxy) is 1. The van der Waals surface area contributed by atoms with Gasteiger partial charge >= 0.3 is 5.76 Å². The predicted octanol–water partition coefficient (Wildman–Crippen LogP) is 2.08. The number of hydrogen-bond acceptors (Lipinski definition) is 5. The molecule has 3 aromatic rings. The molecule has 24 heavy (non-hydrogen) atoms. The summed E-state index contributed by atoms with van der Waals surface area (Å²) in [7, 11) is -3.65. The molecule has 2 N–H and O–H groups in total. The van der Waals surface area contributed by atoms with Crippen LogP contribution in [-0.2, 0) is 10.0 Å². The van der Waals surface area contributed by atoms with Crippen LogP contribution in [0.1, 0.15) is 0 Å². The molecular formula is C15H13FN2O5S. The molecule has 0 amide bonds. The molecule has 0 saturated carbocycles. The highest BCUT2D eigenvalue weighted by atomic mass is 32.2. The zero-order chi connectivity index (χ0) is 17.2. The predicted molar refractivity (Wildman–Crippen MR) is 86.1 cm³/mol. The number of anilines is 1. The molecule has 0 spiro atoms. The van der Waals surface area contributed by atoms with Crippen molar-refractivity contribution in [2.45, 2.75) is 0 Å². The highest BCUT2D eigenvalue weighted by molar-refractivity contribution is 7.92. The smallest absolute Gasteiger partial charge is 0.417 e. The molecule has 2 aromatic carbocycles. The summed E-state index contributed by atoms with van der Waals surface area (Å²) in [6.07, 6.45) is 0. The number of aromatic nitrogens is 1. The molecule has 0 unspecified atom stereocenters. The molecule has 3 rings (SSSR count). The van der Waals surface area contributed by atoms with Crippen LogP contribution in [0, 0.1) is 5.82 Å². The number of aromatic amines is 1. The van der Waals surface area contributed by atoms with Crippen molar-refractivity contribution in [2.75, 3.05) is 17.1 Å². The third-order valence-corrected chi connectivity index (χ3v) is 4.38. The summed E-state index contributed by atoms with van der Waals surface area (Å²) < 4.78 is 49.3. The first-order valence-electron chi connectivity index (χ1n) is 6.93. The van der Waals surface area contributed by atoms with E-state index >= 15 is 0 Å². The maximum atomic E-state index is 12.8. The lowest BCUT2D eigenvalue weighted by atomic mass is 10.3. The first kappa shape index (κ1) is 16.1. The highest BCUT2D eigenvalue weighted by Gasteiger charge is 2.12. The van der Waals surface area contributed by atoms with Crippen LogP contribution < -0.4 is 15.2 Å². The highest BCUT2D eigenvalue weighted by Crippen LogP contribution is 2.17. The first-order valence-corrected chi connectivity index (χ1v) is 8.58. The van der Waals surface area contributed by atoms with Crippen molar-refractivity contribution in [1.82, 2.24) is 4.98 Å². The van der Waals surface area contributed by atoms with Crippen molar-refractivity contribution in [3.8, 4) is 5.75 Å². The Balaban J connectivity index is 1.62. The normalized spacial score (nSPS) is 11.5. The Hall–Kier alpha value is -2.81. The molecular weight excluding hydrogens is 339 g/mol. The monoisotopic (exact) mass is 352 g/mol. The molecule has 0 aliphatic carbocycles. The van der Waals surface area contributed by atoms with Crippen LogP contribution in [0.3, 0.4) is 0 Å². The van der Waals surface area contributed by atoms with E-state index in [1.54, 1.807) is 0 Å². The number of H-pyrrole nitrogens is 1. The fraction of sp³-hybridized carbons (Fsp3) is 0.133. The third-order valence-electron chi connectivity index (χ3n) is 3.13. The van der Waals surface area contributed by atoms with Gasteiger partial charge in [0.2, 0.25) is 10.0 Å². The van der Waals surface area contributed by atoms with Gasteiger partial charge in [0.1, 0.15) is 23.9 Å². The minimum absolute atomic E-state index is 0.0915. The van der Waals surface area contributed by atoms with Gasteiger partial charge in [-0.15, -0.1) is 0 Å². The number of benzene rings is 2. The van der Waals surface area contributed by atoms with E-state index in [0.717, 1.165) is 0 Å². The molecule has 126 valence electrons. The van der Waals surface area contributed by atoms with Crippen LogP contribution >= 0.6 is 0 Å². The van der Waals surface area contributed by atoms with Crippen LogP contribution in [0.4, 0.5) is 10.1 Å². The summed E-state index contributed by atoms with van der Waals surface area (Å²) in [5, 5.41) is 0. The average Bonchev–Trinajstić information content (AvgIpc) is 2.88. The van der Waals surface area contributed by atoms with Gasteiger partial charge in [-0.1, -0.05) is 0 Å². The van der Waals surface area contributed by atoms with Gasteiger partial charge < -0.3 is 9.15 Å². The Morgan fingerprint density at radius 2 is 1.92 bits per heavy atom. The van der Waals surface area contributed by atoms with Crippen LogP contribution in [0.2, 0.25) is 0 Å². The number of hydrogen-bond donors (Lipinski definition) is 2. The molecule has 9 heteroatoms. The van der Waals surface area contributed by atoms with Gasteiger partial charge in [0.25, 0.3) is 0 Å². The van der Waals surface area contributed by atoms with E-state index in [1.165, 1.54) is 42.5 Å². The average molecular weight is 352 g/mol. The fourth-order valence-electron chi connectivity index (χ4n) is 2.05. The summed E-state index contributed by atoms with van der Waals surface area (Å²) in [5.74, 6) is -0.921. The van der Waals surface area contributed by atoms with Crippen molar-refractivity contribution >= 4 is 26.8 Å². The SMILES string of the molecule is O=c1[nH]c2cc(NS(=O)(=O)CCOc3ccc(F)cc3)ccc2o1.